The Hall–Kier alpha value is -2.58. The lowest BCUT2D eigenvalue weighted by molar-refractivity contribution is -0.139. The van der Waals surface area contributed by atoms with Crippen molar-refractivity contribution in [2.75, 3.05) is 24.2 Å². The maximum absolute atomic E-state index is 13.6. The number of anilines is 1. The number of hydrogen-bond acceptors (Lipinski definition) is 4. The van der Waals surface area contributed by atoms with E-state index in [0.717, 1.165) is 33.9 Å². The molecule has 4 fully saturated rings. The quantitative estimate of drug-likeness (QED) is 0.471. The summed E-state index contributed by atoms with van der Waals surface area (Å²) < 4.78 is 27.0. The van der Waals surface area contributed by atoms with Crippen molar-refractivity contribution in [1.82, 2.24) is 10.2 Å². The lowest BCUT2D eigenvalue weighted by atomic mass is 9.48. The minimum Gasteiger partial charge on any atom is -0.357 e. The van der Waals surface area contributed by atoms with Gasteiger partial charge in [-0.15, -0.1) is 0 Å². The van der Waals surface area contributed by atoms with Crippen LogP contribution in [-0.4, -0.2) is 51.0 Å². The van der Waals surface area contributed by atoms with Crippen LogP contribution < -0.4 is 9.62 Å². The number of benzene rings is 2. The van der Waals surface area contributed by atoms with E-state index >= 15 is 0 Å². The fraction of sp³-hybridized carbons (Fsp3) is 0.533. The Labute approximate surface area is 236 Å². The fourth-order valence-electron chi connectivity index (χ4n) is 7.68. The first-order valence-electron chi connectivity index (χ1n) is 13.8. The summed E-state index contributed by atoms with van der Waals surface area (Å²) >= 11 is 6.14. The summed E-state index contributed by atoms with van der Waals surface area (Å²) in [6, 6.07) is 14.1. The maximum atomic E-state index is 13.6. The molecule has 0 aliphatic heterocycles. The molecule has 1 unspecified atom stereocenters. The van der Waals surface area contributed by atoms with Crippen molar-refractivity contribution in [3.8, 4) is 0 Å². The van der Waals surface area contributed by atoms with Crippen molar-refractivity contribution in [3.05, 3.63) is 64.7 Å². The van der Waals surface area contributed by atoms with E-state index in [2.05, 4.69) is 17.4 Å². The SMILES string of the molecule is CNC(=O)C(C)N(Cc1cccc(Cl)c1)C(=O)CN(c1ccc(C23CC4CC(CC(C4)C2)C3)cc1)S(C)(=O)=O. The molecule has 2 aromatic rings. The maximum Gasteiger partial charge on any atom is 0.244 e. The van der Waals surface area contributed by atoms with Gasteiger partial charge in [-0.25, -0.2) is 8.42 Å². The average Bonchev–Trinajstić information content (AvgIpc) is 2.88. The lowest BCUT2D eigenvalue weighted by Crippen LogP contribution is -2.50. The fourth-order valence-corrected chi connectivity index (χ4v) is 8.75. The number of sulfonamides is 1. The molecule has 0 saturated heterocycles. The molecular formula is C30H38ClN3O4S. The standard InChI is InChI=1S/C30H38ClN3O4S/c1-20(29(36)32-2)33(18-21-5-4-6-26(31)14-21)28(35)19-34(39(3,37)38)27-9-7-25(8-10-27)30-15-22-11-23(16-30)13-24(12-22)17-30/h4-10,14,20,22-24H,11-13,15-19H2,1-3H3,(H,32,36). The van der Waals surface area contributed by atoms with Crippen LogP contribution >= 0.6 is 11.6 Å². The van der Waals surface area contributed by atoms with E-state index in [0.29, 0.717) is 10.7 Å². The molecule has 1 atom stereocenters. The summed E-state index contributed by atoms with van der Waals surface area (Å²) in [6.07, 6.45) is 8.87. The molecule has 4 bridgehead atoms. The van der Waals surface area contributed by atoms with E-state index in [-0.39, 0.29) is 17.9 Å². The number of carbonyl (C=O) groups is 2. The molecule has 2 amide bonds. The zero-order valence-electron chi connectivity index (χ0n) is 22.9. The smallest absolute Gasteiger partial charge is 0.244 e. The van der Waals surface area contributed by atoms with Gasteiger partial charge in [0.25, 0.3) is 0 Å². The van der Waals surface area contributed by atoms with E-state index in [9.17, 15) is 18.0 Å². The Bertz CT molecular complexity index is 1310. The largest absolute Gasteiger partial charge is 0.357 e. The molecule has 0 aromatic heterocycles. The highest BCUT2D eigenvalue weighted by atomic mass is 35.5. The van der Waals surface area contributed by atoms with Gasteiger partial charge in [0.1, 0.15) is 12.6 Å². The van der Waals surface area contributed by atoms with Crippen molar-refractivity contribution < 1.29 is 18.0 Å². The van der Waals surface area contributed by atoms with Gasteiger partial charge in [0.05, 0.1) is 11.9 Å². The van der Waals surface area contributed by atoms with Crippen LogP contribution in [0.15, 0.2) is 48.5 Å². The molecule has 0 heterocycles. The monoisotopic (exact) mass is 571 g/mol. The number of likely N-dealkylation sites (N-methyl/N-ethyl adjacent to an activating group) is 1. The molecule has 9 heteroatoms. The second kappa shape index (κ2) is 10.8. The van der Waals surface area contributed by atoms with Crippen LogP contribution in [-0.2, 0) is 31.6 Å². The molecule has 6 rings (SSSR count). The topological polar surface area (TPSA) is 86.8 Å². The van der Waals surface area contributed by atoms with Gasteiger partial charge in [0.2, 0.25) is 21.8 Å². The van der Waals surface area contributed by atoms with Crippen LogP contribution in [0.5, 0.6) is 0 Å². The molecule has 2 aromatic carbocycles. The van der Waals surface area contributed by atoms with Crippen molar-refractivity contribution in [1.29, 1.82) is 0 Å². The summed E-state index contributed by atoms with van der Waals surface area (Å²) in [6.45, 7) is 1.35. The first-order valence-corrected chi connectivity index (χ1v) is 16.0. The van der Waals surface area contributed by atoms with Crippen LogP contribution in [0.3, 0.4) is 0 Å². The van der Waals surface area contributed by atoms with Crippen molar-refractivity contribution >= 4 is 39.1 Å². The van der Waals surface area contributed by atoms with Crippen molar-refractivity contribution in [2.45, 2.75) is 63.5 Å². The number of nitrogens with zero attached hydrogens (tertiary/aromatic N) is 2. The Balaban J connectivity index is 1.39. The highest BCUT2D eigenvalue weighted by molar-refractivity contribution is 7.92. The number of nitrogens with one attached hydrogen (secondary N) is 1. The van der Waals surface area contributed by atoms with Gasteiger partial charge in [0.15, 0.2) is 0 Å². The molecular weight excluding hydrogens is 534 g/mol. The zero-order valence-corrected chi connectivity index (χ0v) is 24.5. The first-order chi connectivity index (χ1) is 18.5. The van der Waals surface area contributed by atoms with Gasteiger partial charge in [-0.05, 0) is 104 Å². The van der Waals surface area contributed by atoms with Crippen molar-refractivity contribution in [3.63, 3.8) is 0 Å². The highest BCUT2D eigenvalue weighted by Crippen LogP contribution is 2.60. The minimum absolute atomic E-state index is 0.122. The second-order valence-corrected chi connectivity index (χ2v) is 14.3. The highest BCUT2D eigenvalue weighted by Gasteiger charge is 2.51. The molecule has 1 N–H and O–H groups in total. The van der Waals surface area contributed by atoms with E-state index in [1.54, 1.807) is 25.1 Å². The summed E-state index contributed by atoms with van der Waals surface area (Å²) in [5, 5.41) is 3.10. The van der Waals surface area contributed by atoms with Gasteiger partial charge in [-0.1, -0.05) is 35.9 Å². The van der Waals surface area contributed by atoms with Gasteiger partial charge in [-0.2, -0.15) is 0 Å². The molecule has 0 radical (unpaired) electrons. The van der Waals surface area contributed by atoms with E-state index < -0.39 is 28.5 Å². The number of halogens is 1. The summed E-state index contributed by atoms with van der Waals surface area (Å²) in [4.78, 5) is 27.5. The summed E-state index contributed by atoms with van der Waals surface area (Å²) in [5.74, 6) is 1.63. The number of hydrogen-bond donors (Lipinski definition) is 1. The summed E-state index contributed by atoms with van der Waals surface area (Å²) in [5.41, 5.74) is 2.70. The first kappa shape index (κ1) is 28.0. The van der Waals surface area contributed by atoms with E-state index in [1.165, 1.54) is 56.0 Å². The van der Waals surface area contributed by atoms with Crippen LogP contribution in [0.2, 0.25) is 5.02 Å². The minimum atomic E-state index is -3.77. The molecule has 4 aliphatic rings. The molecule has 0 spiro atoms. The normalized spacial score (nSPS) is 26.2. The Kier molecular flexibility index (Phi) is 7.72. The third-order valence-electron chi connectivity index (χ3n) is 9.14. The van der Waals surface area contributed by atoms with Crippen molar-refractivity contribution in [2.24, 2.45) is 17.8 Å². The van der Waals surface area contributed by atoms with E-state index in [4.69, 9.17) is 11.6 Å². The van der Waals surface area contributed by atoms with Gasteiger partial charge in [0, 0.05) is 18.6 Å². The van der Waals surface area contributed by atoms with Gasteiger partial charge >= 0.3 is 0 Å². The third-order valence-corrected chi connectivity index (χ3v) is 10.5. The average molecular weight is 572 g/mol. The summed E-state index contributed by atoms with van der Waals surface area (Å²) in [7, 11) is -2.26. The number of amides is 2. The molecule has 7 nitrogen and oxygen atoms in total. The number of carbonyl (C=O) groups excluding carboxylic acids is 2. The molecule has 4 saturated carbocycles. The Morgan fingerprint density at radius 3 is 2.13 bits per heavy atom. The van der Waals surface area contributed by atoms with Gasteiger partial charge < -0.3 is 10.2 Å². The van der Waals surface area contributed by atoms with Crippen LogP contribution in [0.1, 0.15) is 56.6 Å². The van der Waals surface area contributed by atoms with Crippen LogP contribution in [0.4, 0.5) is 5.69 Å². The predicted molar refractivity (Wildman–Crippen MR) is 154 cm³/mol. The number of rotatable bonds is 9. The van der Waals surface area contributed by atoms with Crippen LogP contribution in [0.25, 0.3) is 0 Å². The molecule has 39 heavy (non-hydrogen) atoms. The second-order valence-electron chi connectivity index (χ2n) is 12.0. The molecule has 4 aliphatic carbocycles. The van der Waals surface area contributed by atoms with Crippen LogP contribution in [0, 0.1) is 17.8 Å². The zero-order chi connectivity index (χ0) is 27.9. The third kappa shape index (κ3) is 5.82. The van der Waals surface area contributed by atoms with E-state index in [1.807, 2.05) is 18.2 Å². The Morgan fingerprint density at radius 1 is 1.03 bits per heavy atom. The lowest BCUT2D eigenvalue weighted by Gasteiger charge is -2.57. The molecule has 210 valence electrons. The Morgan fingerprint density at radius 2 is 1.62 bits per heavy atom. The predicted octanol–water partition coefficient (Wildman–Crippen LogP) is 4.74. The van der Waals surface area contributed by atoms with Gasteiger partial charge in [-0.3, -0.25) is 13.9 Å².